The van der Waals surface area contributed by atoms with Gasteiger partial charge in [0.1, 0.15) is 0 Å². The first-order chi connectivity index (χ1) is 13.6. The van der Waals surface area contributed by atoms with Gasteiger partial charge >= 0.3 is 0 Å². The lowest BCUT2D eigenvalue weighted by Gasteiger charge is -2.38. The zero-order valence-corrected chi connectivity index (χ0v) is 15.5. The van der Waals surface area contributed by atoms with Crippen molar-refractivity contribution >= 4 is 5.91 Å². The number of nitrogens with zero attached hydrogens (tertiary/aromatic N) is 3. The Morgan fingerprint density at radius 3 is 2.61 bits per heavy atom. The van der Waals surface area contributed by atoms with Gasteiger partial charge in [0.15, 0.2) is 0 Å². The second-order valence-electron chi connectivity index (χ2n) is 6.99. The molecule has 2 heterocycles. The number of aliphatic hydroxyl groups is 1. The summed E-state index contributed by atoms with van der Waals surface area (Å²) in [4.78, 5) is 21.1. The summed E-state index contributed by atoms with van der Waals surface area (Å²) < 4.78 is 6.99. The molecule has 0 radical (unpaired) electrons. The minimum absolute atomic E-state index is 0.153. The molecule has 1 atom stereocenters. The first-order valence-corrected chi connectivity index (χ1v) is 9.21. The molecule has 7 heteroatoms. The van der Waals surface area contributed by atoms with Crippen LogP contribution in [0.25, 0.3) is 5.69 Å². The summed E-state index contributed by atoms with van der Waals surface area (Å²) in [6.45, 7) is 0. The van der Waals surface area contributed by atoms with E-state index in [0.717, 1.165) is 11.3 Å². The van der Waals surface area contributed by atoms with Crippen molar-refractivity contribution in [1.82, 2.24) is 19.9 Å². The molecule has 0 unspecified atom stereocenters. The van der Waals surface area contributed by atoms with Gasteiger partial charge in [-0.05, 0) is 48.6 Å². The first kappa shape index (κ1) is 18.2. The molecule has 1 aliphatic rings. The van der Waals surface area contributed by atoms with Crippen molar-refractivity contribution in [1.29, 1.82) is 0 Å². The van der Waals surface area contributed by atoms with E-state index < -0.39 is 0 Å². The molecule has 1 amide bonds. The number of nitrogens with one attached hydrogen (secondary N) is 1. The van der Waals surface area contributed by atoms with Crippen LogP contribution in [-0.2, 0) is 0 Å². The van der Waals surface area contributed by atoms with Crippen molar-refractivity contribution < 1.29 is 14.6 Å². The summed E-state index contributed by atoms with van der Waals surface area (Å²) in [5.41, 5.74) is 2.42. The zero-order valence-electron chi connectivity index (χ0n) is 15.5. The molecule has 1 aromatic carbocycles. The molecule has 0 spiro atoms. The van der Waals surface area contributed by atoms with E-state index in [1.165, 1.54) is 0 Å². The Hall–Kier alpha value is -3.19. The number of methoxy groups -OCH3 is 1. The average molecular weight is 378 g/mol. The lowest BCUT2D eigenvalue weighted by molar-refractivity contribution is 0.0234. The van der Waals surface area contributed by atoms with E-state index in [9.17, 15) is 9.90 Å². The van der Waals surface area contributed by atoms with E-state index in [0.29, 0.717) is 24.3 Å². The molecule has 0 bridgehead atoms. The second kappa shape index (κ2) is 7.82. The lowest BCUT2D eigenvalue weighted by atomic mass is 9.75. The van der Waals surface area contributed by atoms with Crippen LogP contribution in [0, 0.1) is 5.92 Å². The summed E-state index contributed by atoms with van der Waals surface area (Å²) in [7, 11) is 1.57. The summed E-state index contributed by atoms with van der Waals surface area (Å²) in [5.74, 6) is 0.552. The number of imidazole rings is 1. The van der Waals surface area contributed by atoms with Crippen LogP contribution in [0.2, 0.25) is 0 Å². The molecule has 144 valence electrons. The Bertz CT molecular complexity index is 917. The molecule has 0 saturated heterocycles. The fraction of sp³-hybridized carbons (Fsp3) is 0.286. The highest BCUT2D eigenvalue weighted by molar-refractivity contribution is 5.94. The van der Waals surface area contributed by atoms with E-state index in [1.807, 2.05) is 29.0 Å². The van der Waals surface area contributed by atoms with E-state index in [2.05, 4.69) is 15.3 Å². The topological polar surface area (TPSA) is 89.3 Å². The smallest absolute Gasteiger partial charge is 0.251 e. The fourth-order valence-electron chi connectivity index (χ4n) is 3.49. The van der Waals surface area contributed by atoms with Gasteiger partial charge in [-0.2, -0.15) is 0 Å². The van der Waals surface area contributed by atoms with Crippen LogP contribution in [0.15, 0.2) is 61.3 Å². The van der Waals surface area contributed by atoms with Crippen LogP contribution in [0.5, 0.6) is 5.88 Å². The zero-order chi connectivity index (χ0) is 19.5. The molecule has 7 nitrogen and oxygen atoms in total. The van der Waals surface area contributed by atoms with Gasteiger partial charge in [-0.1, -0.05) is 6.07 Å². The Labute approximate surface area is 163 Å². The summed E-state index contributed by atoms with van der Waals surface area (Å²) in [6.07, 6.45) is 8.02. The van der Waals surface area contributed by atoms with E-state index in [-0.39, 0.29) is 24.0 Å². The molecule has 3 aromatic rings. The maximum atomic E-state index is 12.8. The third-order valence-corrected chi connectivity index (χ3v) is 5.17. The Morgan fingerprint density at radius 1 is 1.25 bits per heavy atom. The second-order valence-corrected chi connectivity index (χ2v) is 6.99. The van der Waals surface area contributed by atoms with Crippen molar-refractivity contribution in [3.63, 3.8) is 0 Å². The molecule has 1 saturated carbocycles. The number of pyridine rings is 1. The van der Waals surface area contributed by atoms with Gasteiger partial charge < -0.3 is 19.7 Å². The Balaban J connectivity index is 1.51. The molecule has 2 aromatic heterocycles. The number of amides is 1. The molecule has 4 rings (SSSR count). The number of carbonyl (C=O) groups is 1. The summed E-state index contributed by atoms with van der Waals surface area (Å²) in [5, 5.41) is 12.8. The normalized spacial score (nSPS) is 19.5. The van der Waals surface area contributed by atoms with Crippen molar-refractivity contribution in [2.24, 2.45) is 5.92 Å². The average Bonchev–Trinajstić information content (AvgIpc) is 3.25. The van der Waals surface area contributed by atoms with Gasteiger partial charge in [0.2, 0.25) is 5.88 Å². The van der Waals surface area contributed by atoms with E-state index >= 15 is 0 Å². The summed E-state index contributed by atoms with van der Waals surface area (Å²) in [6, 6.07) is 10.8. The van der Waals surface area contributed by atoms with Gasteiger partial charge in [0.25, 0.3) is 5.91 Å². The van der Waals surface area contributed by atoms with Crippen molar-refractivity contribution in [3.8, 4) is 11.6 Å². The third kappa shape index (κ3) is 3.75. The fourth-order valence-corrected chi connectivity index (χ4v) is 3.49. The largest absolute Gasteiger partial charge is 0.481 e. The van der Waals surface area contributed by atoms with Crippen LogP contribution < -0.4 is 10.1 Å². The number of carbonyl (C=O) groups excluding carboxylic acids is 1. The first-order valence-electron chi connectivity index (χ1n) is 9.21. The molecular weight excluding hydrogens is 356 g/mol. The van der Waals surface area contributed by atoms with Crippen molar-refractivity contribution in [3.05, 3.63) is 72.4 Å². The highest BCUT2D eigenvalue weighted by atomic mass is 16.5. The Morgan fingerprint density at radius 2 is 2.04 bits per heavy atom. The highest BCUT2D eigenvalue weighted by Gasteiger charge is 2.36. The number of ether oxygens (including phenoxy) is 1. The number of aromatic nitrogens is 3. The van der Waals surface area contributed by atoms with Crippen LogP contribution in [-0.4, -0.2) is 38.8 Å². The van der Waals surface area contributed by atoms with Gasteiger partial charge in [-0.15, -0.1) is 0 Å². The number of hydrogen-bond acceptors (Lipinski definition) is 5. The van der Waals surface area contributed by atoms with E-state index in [1.54, 1.807) is 44.0 Å². The van der Waals surface area contributed by atoms with Crippen LogP contribution in [0.3, 0.4) is 0 Å². The predicted octanol–water partition coefficient (Wildman–Crippen LogP) is 2.52. The Kier molecular flexibility index (Phi) is 5.08. The van der Waals surface area contributed by atoms with E-state index in [4.69, 9.17) is 4.74 Å². The van der Waals surface area contributed by atoms with Gasteiger partial charge in [0.05, 0.1) is 25.6 Å². The summed E-state index contributed by atoms with van der Waals surface area (Å²) >= 11 is 0. The monoisotopic (exact) mass is 378 g/mol. The minimum atomic E-state index is -0.301. The molecule has 2 N–H and O–H groups in total. The lowest BCUT2D eigenvalue weighted by Crippen LogP contribution is -2.41. The number of rotatable bonds is 6. The number of benzene rings is 1. The minimum Gasteiger partial charge on any atom is -0.481 e. The third-order valence-electron chi connectivity index (χ3n) is 5.17. The van der Waals surface area contributed by atoms with Crippen molar-refractivity contribution in [2.45, 2.75) is 25.0 Å². The van der Waals surface area contributed by atoms with Crippen LogP contribution in [0.1, 0.15) is 34.8 Å². The van der Waals surface area contributed by atoms with Gasteiger partial charge in [-0.3, -0.25) is 4.79 Å². The molecule has 1 fully saturated rings. The molecular formula is C21H22N4O3. The predicted molar refractivity (Wildman–Crippen MR) is 103 cm³/mol. The number of aliphatic hydroxyl groups excluding tert-OH is 1. The quantitative estimate of drug-likeness (QED) is 0.688. The molecule has 0 aliphatic heterocycles. The van der Waals surface area contributed by atoms with Crippen molar-refractivity contribution in [2.75, 3.05) is 7.11 Å². The molecule has 28 heavy (non-hydrogen) atoms. The highest BCUT2D eigenvalue weighted by Crippen LogP contribution is 2.38. The van der Waals surface area contributed by atoms with Crippen LogP contribution in [0.4, 0.5) is 0 Å². The maximum absolute atomic E-state index is 12.8. The maximum Gasteiger partial charge on any atom is 0.251 e. The van der Waals surface area contributed by atoms with Crippen LogP contribution >= 0.6 is 0 Å². The standard InChI is InChI=1S/C21H22N4O3/c1-28-19-7-4-15(12-23-19)20(16-10-18(26)11-16)24-21(27)14-2-5-17(6-3-14)25-9-8-22-13-25/h2-9,12-13,16,18,20,26H,10-11H2,1H3,(H,24,27)/t16?,18?,20-/m0/s1. The van der Waals surface area contributed by atoms with Gasteiger partial charge in [-0.25, -0.2) is 9.97 Å². The van der Waals surface area contributed by atoms with Gasteiger partial charge in [0, 0.05) is 35.9 Å². The SMILES string of the molecule is COc1ccc([C@H](NC(=O)c2ccc(-n3ccnc3)cc2)C2CC(O)C2)cn1. The molecule has 1 aliphatic carbocycles. The number of hydrogen-bond donors (Lipinski definition) is 2.